The number of hydrazone groups is 1. The molecular weight excluding hydrogens is 340 g/mol. The molecule has 134 valence electrons. The molecule has 0 bridgehead atoms. The van der Waals surface area contributed by atoms with Gasteiger partial charge in [0.25, 0.3) is 5.91 Å². The first kappa shape index (κ1) is 18.0. The number of hydrogen-bond acceptors (Lipinski definition) is 4. The van der Waals surface area contributed by atoms with Gasteiger partial charge in [-0.25, -0.2) is 5.43 Å². The molecule has 3 aromatic carbocycles. The smallest absolute Gasteiger partial charge is 0.275 e. The summed E-state index contributed by atoms with van der Waals surface area (Å²) in [6, 6.07) is 18.6. The molecule has 5 nitrogen and oxygen atoms in total. The summed E-state index contributed by atoms with van der Waals surface area (Å²) in [6.45, 7) is 0.219. The largest absolute Gasteiger partial charge is 0.496 e. The van der Waals surface area contributed by atoms with Crippen molar-refractivity contribution >= 4 is 22.9 Å². The molecule has 0 spiro atoms. The Morgan fingerprint density at radius 3 is 2.52 bits per heavy atom. The van der Waals surface area contributed by atoms with Crippen LogP contribution in [0.25, 0.3) is 10.8 Å². The Labute approximate surface area is 157 Å². The van der Waals surface area contributed by atoms with Crippen molar-refractivity contribution in [2.75, 3.05) is 13.7 Å². The molecule has 1 amide bonds. The lowest BCUT2D eigenvalue weighted by Crippen LogP contribution is -2.18. The number of rotatable bonds is 6. The van der Waals surface area contributed by atoms with Crippen molar-refractivity contribution in [1.29, 1.82) is 0 Å². The molecule has 0 aromatic heterocycles. The second-order valence-electron chi connectivity index (χ2n) is 5.66. The van der Waals surface area contributed by atoms with E-state index in [9.17, 15) is 4.79 Å². The minimum Gasteiger partial charge on any atom is -0.496 e. The van der Waals surface area contributed by atoms with Gasteiger partial charge in [-0.15, -0.1) is 6.42 Å². The number of amides is 1. The summed E-state index contributed by atoms with van der Waals surface area (Å²) in [5.74, 6) is 3.24. The topological polar surface area (TPSA) is 59.9 Å². The standard InChI is InChI=1S/C22H18N2O3/c1-3-12-27-19-10-8-16(9-11-19)15-23-24-22(25)20-13-17-6-4-5-7-18(17)14-21(20)26-2/h1,4-11,13-15H,12H2,2H3,(H,24,25)/b23-15-. The van der Waals surface area contributed by atoms with Crippen LogP contribution in [0, 0.1) is 12.3 Å². The maximum absolute atomic E-state index is 12.5. The lowest BCUT2D eigenvalue weighted by atomic mass is 10.1. The molecule has 0 aliphatic rings. The summed E-state index contributed by atoms with van der Waals surface area (Å²) in [7, 11) is 1.54. The van der Waals surface area contributed by atoms with Gasteiger partial charge < -0.3 is 9.47 Å². The number of benzene rings is 3. The zero-order valence-electron chi connectivity index (χ0n) is 14.8. The van der Waals surface area contributed by atoms with Crippen LogP contribution in [-0.2, 0) is 0 Å². The highest BCUT2D eigenvalue weighted by molar-refractivity contribution is 6.01. The van der Waals surface area contributed by atoms with Gasteiger partial charge in [-0.05, 0) is 52.7 Å². The summed E-state index contributed by atoms with van der Waals surface area (Å²) < 4.78 is 10.7. The Morgan fingerprint density at radius 1 is 1.15 bits per heavy atom. The fourth-order valence-corrected chi connectivity index (χ4v) is 2.57. The Balaban J connectivity index is 1.71. The molecule has 0 aliphatic carbocycles. The molecule has 0 fully saturated rings. The number of ether oxygens (including phenoxy) is 2. The Bertz CT molecular complexity index is 1020. The first-order valence-corrected chi connectivity index (χ1v) is 8.28. The van der Waals surface area contributed by atoms with E-state index in [2.05, 4.69) is 16.4 Å². The third-order valence-electron chi connectivity index (χ3n) is 3.89. The SMILES string of the molecule is C#CCOc1ccc(/C=N\NC(=O)c2cc3ccccc3cc2OC)cc1. The zero-order chi connectivity index (χ0) is 19.1. The average molecular weight is 358 g/mol. The second kappa shape index (κ2) is 8.54. The highest BCUT2D eigenvalue weighted by Gasteiger charge is 2.13. The van der Waals surface area contributed by atoms with Crippen molar-refractivity contribution in [2.45, 2.75) is 0 Å². The molecule has 0 unspecified atom stereocenters. The van der Waals surface area contributed by atoms with E-state index in [1.54, 1.807) is 24.4 Å². The van der Waals surface area contributed by atoms with Crippen molar-refractivity contribution in [1.82, 2.24) is 5.43 Å². The Hall–Kier alpha value is -3.78. The van der Waals surface area contributed by atoms with E-state index in [0.717, 1.165) is 16.3 Å². The third kappa shape index (κ3) is 4.44. The van der Waals surface area contributed by atoms with Crippen molar-refractivity contribution in [2.24, 2.45) is 5.10 Å². The summed E-state index contributed by atoms with van der Waals surface area (Å²) in [6.07, 6.45) is 6.71. The molecule has 0 radical (unpaired) electrons. The quantitative estimate of drug-likeness (QED) is 0.416. The predicted octanol–water partition coefficient (Wildman–Crippen LogP) is 3.62. The van der Waals surface area contributed by atoms with Crippen LogP contribution < -0.4 is 14.9 Å². The van der Waals surface area contributed by atoms with E-state index in [0.29, 0.717) is 17.1 Å². The number of carbonyl (C=O) groups excluding carboxylic acids is 1. The van der Waals surface area contributed by atoms with Crippen LogP contribution in [-0.4, -0.2) is 25.8 Å². The number of nitrogens with one attached hydrogen (secondary N) is 1. The molecule has 0 saturated heterocycles. The van der Waals surface area contributed by atoms with Gasteiger partial charge in [0.2, 0.25) is 0 Å². The van der Waals surface area contributed by atoms with Crippen LogP contribution >= 0.6 is 0 Å². The molecule has 27 heavy (non-hydrogen) atoms. The minimum absolute atomic E-state index is 0.219. The van der Waals surface area contributed by atoms with Gasteiger partial charge in [0.05, 0.1) is 18.9 Å². The maximum atomic E-state index is 12.5. The number of methoxy groups -OCH3 is 1. The average Bonchev–Trinajstić information content (AvgIpc) is 2.72. The van der Waals surface area contributed by atoms with Crippen LogP contribution in [0.1, 0.15) is 15.9 Å². The summed E-state index contributed by atoms with van der Waals surface area (Å²) in [4.78, 5) is 12.5. The molecule has 0 saturated carbocycles. The normalized spacial score (nSPS) is 10.5. The molecular formula is C22H18N2O3. The van der Waals surface area contributed by atoms with Crippen molar-refractivity contribution in [3.63, 3.8) is 0 Å². The monoisotopic (exact) mass is 358 g/mol. The number of hydrogen-bond donors (Lipinski definition) is 1. The summed E-state index contributed by atoms with van der Waals surface area (Å²) >= 11 is 0. The number of fused-ring (bicyclic) bond motifs is 1. The van der Waals surface area contributed by atoms with Crippen LogP contribution in [0.3, 0.4) is 0 Å². The van der Waals surface area contributed by atoms with Gasteiger partial charge in [0.1, 0.15) is 18.1 Å². The predicted molar refractivity (Wildman–Crippen MR) is 106 cm³/mol. The van der Waals surface area contributed by atoms with E-state index in [1.165, 1.54) is 7.11 Å². The molecule has 1 N–H and O–H groups in total. The summed E-state index contributed by atoms with van der Waals surface area (Å²) in [5, 5.41) is 5.97. The van der Waals surface area contributed by atoms with Crippen LogP contribution in [0.4, 0.5) is 0 Å². The first-order valence-electron chi connectivity index (χ1n) is 8.28. The molecule has 3 aromatic rings. The second-order valence-corrected chi connectivity index (χ2v) is 5.66. The molecule has 0 aliphatic heterocycles. The van der Waals surface area contributed by atoms with Gasteiger partial charge in [0, 0.05) is 0 Å². The van der Waals surface area contributed by atoms with Gasteiger partial charge in [-0.3, -0.25) is 4.79 Å². The van der Waals surface area contributed by atoms with Crippen LogP contribution in [0.15, 0.2) is 65.8 Å². The fraction of sp³-hybridized carbons (Fsp3) is 0.0909. The number of nitrogens with zero attached hydrogens (tertiary/aromatic N) is 1. The van der Waals surface area contributed by atoms with Gasteiger partial charge in [-0.1, -0.05) is 30.2 Å². The fourth-order valence-electron chi connectivity index (χ4n) is 2.57. The van der Waals surface area contributed by atoms with E-state index in [1.807, 2.05) is 42.5 Å². The van der Waals surface area contributed by atoms with E-state index >= 15 is 0 Å². The van der Waals surface area contributed by atoms with Crippen molar-refractivity contribution in [3.8, 4) is 23.8 Å². The zero-order valence-corrected chi connectivity index (χ0v) is 14.8. The Morgan fingerprint density at radius 2 is 1.85 bits per heavy atom. The summed E-state index contributed by atoms with van der Waals surface area (Å²) in [5.41, 5.74) is 3.76. The van der Waals surface area contributed by atoms with Gasteiger partial charge in [-0.2, -0.15) is 5.10 Å². The third-order valence-corrected chi connectivity index (χ3v) is 3.89. The number of terminal acetylenes is 1. The maximum Gasteiger partial charge on any atom is 0.275 e. The van der Waals surface area contributed by atoms with E-state index < -0.39 is 0 Å². The molecule has 3 rings (SSSR count). The Kier molecular flexibility index (Phi) is 5.70. The lowest BCUT2D eigenvalue weighted by Gasteiger charge is -2.09. The minimum atomic E-state index is -0.345. The van der Waals surface area contributed by atoms with E-state index in [-0.39, 0.29) is 12.5 Å². The highest BCUT2D eigenvalue weighted by atomic mass is 16.5. The van der Waals surface area contributed by atoms with Crippen molar-refractivity contribution in [3.05, 3.63) is 71.8 Å². The molecule has 0 atom stereocenters. The lowest BCUT2D eigenvalue weighted by molar-refractivity contribution is 0.0952. The van der Waals surface area contributed by atoms with Gasteiger partial charge >= 0.3 is 0 Å². The molecule has 5 heteroatoms. The van der Waals surface area contributed by atoms with Crippen LogP contribution in [0.5, 0.6) is 11.5 Å². The highest BCUT2D eigenvalue weighted by Crippen LogP contribution is 2.25. The van der Waals surface area contributed by atoms with Gasteiger partial charge in [0.15, 0.2) is 0 Å². The van der Waals surface area contributed by atoms with Crippen molar-refractivity contribution < 1.29 is 14.3 Å². The molecule has 0 heterocycles. The van der Waals surface area contributed by atoms with E-state index in [4.69, 9.17) is 15.9 Å². The first-order chi connectivity index (χ1) is 13.2. The van der Waals surface area contributed by atoms with Crippen LogP contribution in [0.2, 0.25) is 0 Å². The number of carbonyl (C=O) groups is 1.